The maximum atomic E-state index is 11.8. The maximum Gasteiger partial charge on any atom is 0.326 e. The summed E-state index contributed by atoms with van der Waals surface area (Å²) in [6.07, 6.45) is 0.627. The number of amides is 3. The van der Waals surface area contributed by atoms with Crippen molar-refractivity contribution in [3.63, 3.8) is 0 Å². The fourth-order valence-electron chi connectivity index (χ4n) is 1.59. The highest BCUT2D eigenvalue weighted by molar-refractivity contribution is 5.88. The van der Waals surface area contributed by atoms with E-state index in [2.05, 4.69) is 16.0 Å². The first-order valence-corrected chi connectivity index (χ1v) is 7.26. The minimum absolute atomic E-state index is 0.196. The van der Waals surface area contributed by atoms with Gasteiger partial charge in [0, 0.05) is 6.54 Å². The summed E-state index contributed by atoms with van der Waals surface area (Å²) in [5.41, 5.74) is 0. The van der Waals surface area contributed by atoms with Crippen molar-refractivity contribution in [1.82, 2.24) is 16.0 Å². The molecule has 0 bridgehead atoms. The molecule has 0 aliphatic heterocycles. The van der Waals surface area contributed by atoms with E-state index in [1.165, 1.54) is 0 Å². The van der Waals surface area contributed by atoms with Gasteiger partial charge in [0.05, 0.1) is 0 Å². The van der Waals surface area contributed by atoms with Gasteiger partial charge in [-0.2, -0.15) is 0 Å². The highest BCUT2D eigenvalue weighted by Gasteiger charge is 2.26. The van der Waals surface area contributed by atoms with Crippen molar-refractivity contribution in [2.24, 2.45) is 11.8 Å². The Morgan fingerprint density at radius 3 is 2.05 bits per heavy atom. The van der Waals surface area contributed by atoms with Crippen LogP contribution in [0, 0.1) is 11.8 Å². The first-order chi connectivity index (χ1) is 9.68. The zero-order chi connectivity index (χ0) is 16.6. The lowest BCUT2D eigenvalue weighted by Gasteiger charge is -2.22. The Kier molecular flexibility index (Phi) is 8.42. The van der Waals surface area contributed by atoms with Crippen molar-refractivity contribution in [2.75, 3.05) is 6.54 Å². The molecule has 0 aromatic heterocycles. The number of aliphatic carboxylic acids is 1. The molecule has 0 rings (SSSR count). The Hall–Kier alpha value is -1.79. The molecule has 122 valence electrons. The summed E-state index contributed by atoms with van der Waals surface area (Å²) in [4.78, 5) is 34.6. The van der Waals surface area contributed by atoms with Crippen LogP contribution in [0.3, 0.4) is 0 Å². The zero-order valence-corrected chi connectivity index (χ0v) is 13.4. The topological polar surface area (TPSA) is 108 Å². The average molecular weight is 301 g/mol. The Morgan fingerprint density at radius 1 is 1.05 bits per heavy atom. The fraction of sp³-hybridized carbons (Fsp3) is 0.786. The van der Waals surface area contributed by atoms with E-state index in [1.807, 2.05) is 20.8 Å². The highest BCUT2D eigenvalue weighted by Crippen LogP contribution is 2.07. The quantitative estimate of drug-likeness (QED) is 0.535. The van der Waals surface area contributed by atoms with Crippen molar-refractivity contribution in [3.8, 4) is 0 Å². The van der Waals surface area contributed by atoms with Gasteiger partial charge in [0.2, 0.25) is 5.91 Å². The Bertz CT molecular complexity index is 371. The molecule has 21 heavy (non-hydrogen) atoms. The van der Waals surface area contributed by atoms with Gasteiger partial charge in [0.15, 0.2) is 0 Å². The molecule has 1 unspecified atom stereocenters. The van der Waals surface area contributed by atoms with Crippen molar-refractivity contribution in [2.45, 2.75) is 53.1 Å². The van der Waals surface area contributed by atoms with Crippen LogP contribution in [-0.4, -0.2) is 41.6 Å². The van der Waals surface area contributed by atoms with E-state index in [0.717, 1.165) is 0 Å². The van der Waals surface area contributed by atoms with Crippen molar-refractivity contribution >= 4 is 17.9 Å². The third-order valence-corrected chi connectivity index (χ3v) is 3.19. The average Bonchev–Trinajstić information content (AvgIpc) is 2.40. The molecule has 4 N–H and O–H groups in total. The molecule has 0 aromatic carbocycles. The number of carbonyl (C=O) groups is 3. The number of urea groups is 1. The lowest BCUT2D eigenvalue weighted by molar-refractivity contribution is -0.140. The molecule has 0 aromatic rings. The summed E-state index contributed by atoms with van der Waals surface area (Å²) in [7, 11) is 0. The zero-order valence-electron chi connectivity index (χ0n) is 13.4. The summed E-state index contributed by atoms with van der Waals surface area (Å²) < 4.78 is 0. The lowest BCUT2D eigenvalue weighted by Crippen LogP contribution is -2.54. The molecular weight excluding hydrogens is 274 g/mol. The first kappa shape index (κ1) is 19.2. The minimum Gasteiger partial charge on any atom is -0.480 e. The van der Waals surface area contributed by atoms with Gasteiger partial charge in [0.1, 0.15) is 12.1 Å². The Balaban J connectivity index is 4.40. The van der Waals surface area contributed by atoms with Crippen LogP contribution in [0.1, 0.15) is 41.0 Å². The van der Waals surface area contributed by atoms with Gasteiger partial charge in [-0.1, -0.05) is 34.1 Å². The monoisotopic (exact) mass is 301 g/mol. The van der Waals surface area contributed by atoms with Crippen LogP contribution < -0.4 is 16.0 Å². The molecule has 0 saturated heterocycles. The van der Waals surface area contributed by atoms with Crippen molar-refractivity contribution in [1.29, 1.82) is 0 Å². The minimum atomic E-state index is -1.09. The van der Waals surface area contributed by atoms with Crippen LogP contribution in [0.15, 0.2) is 0 Å². The highest BCUT2D eigenvalue weighted by atomic mass is 16.4. The summed E-state index contributed by atoms with van der Waals surface area (Å²) >= 11 is 0. The predicted molar refractivity (Wildman–Crippen MR) is 79.9 cm³/mol. The normalized spacial score (nSPS) is 15.0. The summed E-state index contributed by atoms with van der Waals surface area (Å²) in [6.45, 7) is 9.61. The Morgan fingerprint density at radius 2 is 1.62 bits per heavy atom. The standard InChI is InChI=1S/C14H27N3O4/c1-6-9(4)11(13(19)20)17-14(21)16-10(5)12(18)15-7-8(2)3/h8-11H,6-7H2,1-5H3,(H,15,18)(H,19,20)(H2,16,17,21)/t9-,10?,11-/m0/s1. The molecule has 7 nitrogen and oxygen atoms in total. The van der Waals surface area contributed by atoms with E-state index in [4.69, 9.17) is 5.11 Å². The summed E-state index contributed by atoms with van der Waals surface area (Å²) in [5.74, 6) is -1.26. The van der Waals surface area contributed by atoms with Crippen LogP contribution in [0.25, 0.3) is 0 Å². The van der Waals surface area contributed by atoms with E-state index in [9.17, 15) is 14.4 Å². The molecule has 7 heteroatoms. The van der Waals surface area contributed by atoms with E-state index in [1.54, 1.807) is 13.8 Å². The SMILES string of the molecule is CC[C@H](C)[C@H](NC(=O)NC(C)C(=O)NCC(C)C)C(=O)O. The molecular formula is C14H27N3O4. The second-order valence-electron chi connectivity index (χ2n) is 5.68. The molecule has 0 fully saturated rings. The second-order valence-corrected chi connectivity index (χ2v) is 5.68. The lowest BCUT2D eigenvalue weighted by atomic mass is 9.99. The van der Waals surface area contributed by atoms with E-state index >= 15 is 0 Å². The molecule has 0 spiro atoms. The number of rotatable bonds is 8. The third-order valence-electron chi connectivity index (χ3n) is 3.19. The number of nitrogens with one attached hydrogen (secondary N) is 3. The van der Waals surface area contributed by atoms with Gasteiger partial charge in [-0.3, -0.25) is 4.79 Å². The van der Waals surface area contributed by atoms with Gasteiger partial charge >= 0.3 is 12.0 Å². The number of carboxylic acid groups (broad SMARTS) is 1. The van der Waals surface area contributed by atoms with Gasteiger partial charge < -0.3 is 21.1 Å². The summed E-state index contributed by atoms with van der Waals surface area (Å²) in [6, 6.07) is -2.36. The Labute approximate surface area is 125 Å². The number of hydrogen-bond acceptors (Lipinski definition) is 3. The number of carboxylic acids is 1. The van der Waals surface area contributed by atoms with Crippen LogP contribution in [0.5, 0.6) is 0 Å². The fourth-order valence-corrected chi connectivity index (χ4v) is 1.59. The number of hydrogen-bond donors (Lipinski definition) is 4. The van der Waals surface area contributed by atoms with E-state index in [0.29, 0.717) is 18.9 Å². The largest absolute Gasteiger partial charge is 0.480 e. The maximum absolute atomic E-state index is 11.8. The smallest absolute Gasteiger partial charge is 0.326 e. The van der Waals surface area contributed by atoms with Crippen molar-refractivity contribution < 1.29 is 19.5 Å². The second kappa shape index (κ2) is 9.20. The van der Waals surface area contributed by atoms with Gasteiger partial charge in [0.25, 0.3) is 0 Å². The summed E-state index contributed by atoms with van der Waals surface area (Å²) in [5, 5.41) is 16.6. The van der Waals surface area contributed by atoms with Gasteiger partial charge in [-0.05, 0) is 18.8 Å². The molecule has 0 saturated carbocycles. The first-order valence-electron chi connectivity index (χ1n) is 7.26. The molecule has 3 amide bonds. The van der Waals surface area contributed by atoms with Gasteiger partial charge in [-0.15, -0.1) is 0 Å². The van der Waals surface area contributed by atoms with Crippen LogP contribution in [0.2, 0.25) is 0 Å². The molecule has 3 atom stereocenters. The van der Waals surface area contributed by atoms with E-state index in [-0.39, 0.29) is 11.8 Å². The van der Waals surface area contributed by atoms with Crippen molar-refractivity contribution in [3.05, 3.63) is 0 Å². The number of carbonyl (C=O) groups excluding carboxylic acids is 2. The predicted octanol–water partition coefficient (Wildman–Crippen LogP) is 0.946. The third kappa shape index (κ3) is 7.53. The molecule has 0 aliphatic rings. The van der Waals surface area contributed by atoms with Crippen LogP contribution in [-0.2, 0) is 9.59 Å². The van der Waals surface area contributed by atoms with Crippen LogP contribution >= 0.6 is 0 Å². The van der Waals surface area contributed by atoms with Gasteiger partial charge in [-0.25, -0.2) is 9.59 Å². The molecule has 0 heterocycles. The molecule has 0 radical (unpaired) electrons. The molecule has 0 aliphatic carbocycles. The van der Waals surface area contributed by atoms with Crippen LogP contribution in [0.4, 0.5) is 4.79 Å². The van der Waals surface area contributed by atoms with E-state index < -0.39 is 24.1 Å².